The molecule has 0 heterocycles. The first-order valence-electron chi connectivity index (χ1n) is 5.03. The van der Waals surface area contributed by atoms with Gasteiger partial charge in [-0.2, -0.15) is 0 Å². The fourth-order valence-corrected chi connectivity index (χ4v) is 1.56. The summed E-state index contributed by atoms with van der Waals surface area (Å²) in [6.45, 7) is 2.11. The van der Waals surface area contributed by atoms with Gasteiger partial charge in [0.05, 0.1) is 11.5 Å². The van der Waals surface area contributed by atoms with Crippen molar-refractivity contribution in [1.82, 2.24) is 0 Å². The molecule has 4 N–H and O–H groups in total. The van der Waals surface area contributed by atoms with Crippen LogP contribution < -0.4 is 16.4 Å². The predicted molar refractivity (Wildman–Crippen MR) is 64.6 cm³/mol. The van der Waals surface area contributed by atoms with Gasteiger partial charge in [-0.1, -0.05) is 6.07 Å². The Morgan fingerprint density at radius 2 is 2.18 bits per heavy atom. The molecular weight excluding hydrogens is 224 g/mol. The lowest BCUT2D eigenvalue weighted by Crippen LogP contribution is -2.34. The van der Waals surface area contributed by atoms with Crippen molar-refractivity contribution >= 4 is 23.0 Å². The number of nitrogen functional groups attached to an aromatic ring is 1. The number of likely N-dealkylation sites (N-methyl/N-ethyl adjacent to an activating group) is 1. The number of carbonyl (C=O) groups is 1. The van der Waals surface area contributed by atoms with E-state index in [1.165, 1.54) is 11.0 Å². The van der Waals surface area contributed by atoms with E-state index < -0.39 is 10.8 Å². The molecule has 7 heteroatoms. The van der Waals surface area contributed by atoms with E-state index in [9.17, 15) is 14.9 Å². The third-order valence-corrected chi connectivity index (χ3v) is 2.30. The third-order valence-electron chi connectivity index (χ3n) is 2.30. The SMILES string of the molecule is CCN(CC(N)=O)c1cccc(N)c1[N+](=O)[O-]. The van der Waals surface area contributed by atoms with Crippen LogP contribution in [0.15, 0.2) is 18.2 Å². The van der Waals surface area contributed by atoms with E-state index in [0.29, 0.717) is 12.2 Å². The van der Waals surface area contributed by atoms with Crippen LogP contribution in [0.2, 0.25) is 0 Å². The number of carbonyl (C=O) groups excluding carboxylic acids is 1. The van der Waals surface area contributed by atoms with Crippen LogP contribution in [0.3, 0.4) is 0 Å². The fraction of sp³-hybridized carbons (Fsp3) is 0.300. The first-order chi connectivity index (χ1) is 7.97. The van der Waals surface area contributed by atoms with Crippen molar-refractivity contribution < 1.29 is 9.72 Å². The van der Waals surface area contributed by atoms with Crippen LogP contribution in [-0.4, -0.2) is 23.9 Å². The monoisotopic (exact) mass is 238 g/mol. The van der Waals surface area contributed by atoms with E-state index >= 15 is 0 Å². The van der Waals surface area contributed by atoms with Gasteiger partial charge in [0, 0.05) is 6.54 Å². The molecule has 0 saturated heterocycles. The van der Waals surface area contributed by atoms with E-state index in [1.807, 2.05) is 0 Å². The van der Waals surface area contributed by atoms with Gasteiger partial charge in [0.25, 0.3) is 0 Å². The zero-order valence-corrected chi connectivity index (χ0v) is 9.42. The number of rotatable bonds is 5. The number of nitrogens with two attached hydrogens (primary N) is 2. The van der Waals surface area contributed by atoms with Crippen molar-refractivity contribution in [3.63, 3.8) is 0 Å². The smallest absolute Gasteiger partial charge is 0.315 e. The first kappa shape index (κ1) is 12.8. The van der Waals surface area contributed by atoms with E-state index in [-0.39, 0.29) is 17.9 Å². The minimum Gasteiger partial charge on any atom is -0.393 e. The summed E-state index contributed by atoms with van der Waals surface area (Å²) in [5.41, 5.74) is 10.8. The highest BCUT2D eigenvalue weighted by Gasteiger charge is 2.22. The van der Waals surface area contributed by atoms with E-state index in [0.717, 1.165) is 0 Å². The van der Waals surface area contributed by atoms with Gasteiger partial charge in [-0.25, -0.2) is 0 Å². The Morgan fingerprint density at radius 1 is 1.53 bits per heavy atom. The molecule has 0 aliphatic carbocycles. The first-order valence-corrected chi connectivity index (χ1v) is 5.03. The Hall–Kier alpha value is -2.31. The summed E-state index contributed by atoms with van der Waals surface area (Å²) in [6.07, 6.45) is 0. The van der Waals surface area contributed by atoms with Crippen LogP contribution in [-0.2, 0) is 4.79 Å². The molecule has 92 valence electrons. The number of anilines is 2. The molecule has 0 bridgehead atoms. The van der Waals surface area contributed by atoms with Gasteiger partial charge in [0.1, 0.15) is 11.4 Å². The molecule has 0 fully saturated rings. The highest BCUT2D eigenvalue weighted by molar-refractivity contribution is 5.83. The predicted octanol–water partition coefficient (Wildman–Crippen LogP) is 0.489. The summed E-state index contributed by atoms with van der Waals surface area (Å²) >= 11 is 0. The molecule has 0 spiro atoms. The summed E-state index contributed by atoms with van der Waals surface area (Å²) in [5, 5.41) is 10.9. The van der Waals surface area contributed by atoms with Crippen molar-refractivity contribution in [2.45, 2.75) is 6.92 Å². The average molecular weight is 238 g/mol. The zero-order valence-electron chi connectivity index (χ0n) is 9.42. The van der Waals surface area contributed by atoms with Crippen molar-refractivity contribution in [2.75, 3.05) is 23.7 Å². The van der Waals surface area contributed by atoms with Gasteiger partial charge in [-0.05, 0) is 19.1 Å². The van der Waals surface area contributed by atoms with E-state index in [4.69, 9.17) is 11.5 Å². The maximum Gasteiger partial charge on any atom is 0.315 e. The Balaban J connectivity index is 3.23. The lowest BCUT2D eigenvalue weighted by molar-refractivity contribution is -0.383. The molecular formula is C10H14N4O3. The van der Waals surface area contributed by atoms with Crippen molar-refractivity contribution in [1.29, 1.82) is 0 Å². The average Bonchev–Trinajstić information content (AvgIpc) is 2.24. The second-order valence-electron chi connectivity index (χ2n) is 3.45. The highest BCUT2D eigenvalue weighted by atomic mass is 16.6. The van der Waals surface area contributed by atoms with E-state index in [1.54, 1.807) is 19.1 Å². The van der Waals surface area contributed by atoms with Crippen LogP contribution in [0.25, 0.3) is 0 Å². The molecule has 0 saturated carbocycles. The van der Waals surface area contributed by atoms with Crippen LogP contribution in [0.1, 0.15) is 6.92 Å². The van der Waals surface area contributed by atoms with Crippen molar-refractivity contribution in [2.24, 2.45) is 5.73 Å². The third kappa shape index (κ3) is 2.83. The van der Waals surface area contributed by atoms with Crippen molar-refractivity contribution in [3.8, 4) is 0 Å². The zero-order chi connectivity index (χ0) is 13.0. The number of hydrogen-bond donors (Lipinski definition) is 2. The number of benzene rings is 1. The maximum absolute atomic E-state index is 10.9. The Labute approximate surface area is 98.1 Å². The molecule has 0 atom stereocenters. The molecule has 0 unspecified atom stereocenters. The topological polar surface area (TPSA) is 115 Å². The van der Waals surface area contributed by atoms with Gasteiger partial charge >= 0.3 is 5.69 Å². The Bertz CT molecular complexity index is 447. The molecule has 1 aromatic carbocycles. The second-order valence-corrected chi connectivity index (χ2v) is 3.45. The number of amides is 1. The summed E-state index contributed by atoms with van der Waals surface area (Å²) in [4.78, 5) is 22.8. The van der Waals surface area contributed by atoms with Gasteiger partial charge in [-0.3, -0.25) is 14.9 Å². The van der Waals surface area contributed by atoms with Gasteiger partial charge in [0.2, 0.25) is 5.91 Å². The number of nitro groups is 1. The van der Waals surface area contributed by atoms with Gasteiger partial charge < -0.3 is 16.4 Å². The number of hydrogen-bond acceptors (Lipinski definition) is 5. The van der Waals surface area contributed by atoms with Gasteiger partial charge in [0.15, 0.2) is 0 Å². The lowest BCUT2D eigenvalue weighted by atomic mass is 10.2. The molecule has 1 aromatic rings. The van der Waals surface area contributed by atoms with Gasteiger partial charge in [-0.15, -0.1) is 0 Å². The summed E-state index contributed by atoms with van der Waals surface area (Å²) < 4.78 is 0. The standard InChI is InChI=1S/C10H14N4O3/c1-2-13(6-9(12)15)8-5-3-4-7(11)10(8)14(16)17/h3-5H,2,6,11H2,1H3,(H2,12,15). The Kier molecular flexibility index (Phi) is 3.86. The molecule has 1 rings (SSSR count). The van der Waals surface area contributed by atoms with E-state index in [2.05, 4.69) is 0 Å². The van der Waals surface area contributed by atoms with Crippen LogP contribution in [0, 0.1) is 10.1 Å². The van der Waals surface area contributed by atoms with Crippen LogP contribution >= 0.6 is 0 Å². The lowest BCUT2D eigenvalue weighted by Gasteiger charge is -2.21. The summed E-state index contributed by atoms with van der Waals surface area (Å²) in [7, 11) is 0. The molecule has 0 aromatic heterocycles. The highest BCUT2D eigenvalue weighted by Crippen LogP contribution is 2.33. The molecule has 0 aliphatic rings. The molecule has 7 nitrogen and oxygen atoms in total. The largest absolute Gasteiger partial charge is 0.393 e. The minimum atomic E-state index is -0.561. The molecule has 1 amide bonds. The minimum absolute atomic E-state index is 0.0652. The second kappa shape index (κ2) is 5.15. The molecule has 0 radical (unpaired) electrons. The normalized spacial score (nSPS) is 9.94. The molecule has 17 heavy (non-hydrogen) atoms. The summed E-state index contributed by atoms with van der Waals surface area (Å²) in [6, 6.07) is 4.59. The number of nitrogens with zero attached hydrogens (tertiary/aromatic N) is 2. The number of nitro benzene ring substituents is 1. The number of para-hydroxylation sites is 1. The fourth-order valence-electron chi connectivity index (χ4n) is 1.56. The summed E-state index contributed by atoms with van der Waals surface area (Å²) in [5.74, 6) is -0.552. The van der Waals surface area contributed by atoms with Crippen LogP contribution in [0.4, 0.5) is 17.1 Å². The Morgan fingerprint density at radius 3 is 2.65 bits per heavy atom. The van der Waals surface area contributed by atoms with Crippen molar-refractivity contribution in [3.05, 3.63) is 28.3 Å². The molecule has 0 aliphatic heterocycles. The quantitative estimate of drug-likeness (QED) is 0.440. The number of primary amides is 1. The van der Waals surface area contributed by atoms with Crippen LogP contribution in [0.5, 0.6) is 0 Å². The maximum atomic E-state index is 10.9.